The minimum atomic E-state index is 0.0520. The smallest absolute Gasteiger partial charge is 0.274 e. The molecule has 6 heteroatoms. The third-order valence-corrected chi connectivity index (χ3v) is 4.65. The van der Waals surface area contributed by atoms with Crippen molar-refractivity contribution in [3.63, 3.8) is 0 Å². The monoisotopic (exact) mass is 327 g/mol. The molecule has 0 spiro atoms. The summed E-state index contributed by atoms with van der Waals surface area (Å²) in [5.74, 6) is 0.566. The summed E-state index contributed by atoms with van der Waals surface area (Å²) in [6.07, 6.45) is 4.75. The van der Waals surface area contributed by atoms with Gasteiger partial charge in [0.05, 0.1) is 0 Å². The Morgan fingerprint density at radius 2 is 2.29 bits per heavy atom. The van der Waals surface area contributed by atoms with Crippen LogP contribution >= 0.6 is 0 Å². The van der Waals surface area contributed by atoms with Gasteiger partial charge >= 0.3 is 0 Å². The maximum Gasteiger partial charge on any atom is 0.274 e. The molecule has 1 atom stereocenters. The number of amides is 1. The fourth-order valence-electron chi connectivity index (χ4n) is 3.30. The molecule has 2 aromatic rings. The van der Waals surface area contributed by atoms with Crippen molar-refractivity contribution in [2.24, 2.45) is 13.0 Å². The third-order valence-electron chi connectivity index (χ3n) is 4.65. The molecule has 0 saturated carbocycles. The second-order valence-electron chi connectivity index (χ2n) is 6.76. The third kappa shape index (κ3) is 3.82. The van der Waals surface area contributed by atoms with E-state index in [1.807, 2.05) is 37.2 Å². The van der Waals surface area contributed by atoms with E-state index >= 15 is 0 Å². The first-order valence-electron chi connectivity index (χ1n) is 8.40. The molecule has 0 radical (unpaired) electrons. The van der Waals surface area contributed by atoms with Crippen LogP contribution in [0.25, 0.3) is 0 Å². The zero-order valence-corrected chi connectivity index (χ0v) is 14.6. The summed E-state index contributed by atoms with van der Waals surface area (Å²) < 4.78 is 1.75. The van der Waals surface area contributed by atoms with E-state index < -0.39 is 0 Å². The van der Waals surface area contributed by atoms with E-state index in [1.165, 1.54) is 5.56 Å². The fraction of sp³-hybridized carbons (Fsp3) is 0.500. The second-order valence-corrected chi connectivity index (χ2v) is 6.76. The number of aromatic nitrogens is 3. The number of nitrogens with zero attached hydrogens (tertiary/aromatic N) is 5. The van der Waals surface area contributed by atoms with E-state index in [9.17, 15) is 4.79 Å². The van der Waals surface area contributed by atoms with Crippen molar-refractivity contribution in [3.05, 3.63) is 47.5 Å². The zero-order valence-electron chi connectivity index (χ0n) is 14.6. The minimum absolute atomic E-state index is 0.0520. The molecule has 3 heterocycles. The van der Waals surface area contributed by atoms with Crippen LogP contribution in [0.5, 0.6) is 0 Å². The Balaban J connectivity index is 1.52. The molecule has 0 N–H and O–H groups in total. The molecule has 128 valence electrons. The lowest BCUT2D eigenvalue weighted by molar-refractivity contribution is 0.0777. The lowest BCUT2D eigenvalue weighted by atomic mass is 10.1. The first-order chi connectivity index (χ1) is 11.5. The number of carbonyl (C=O) groups excluding carboxylic acids is 1. The van der Waals surface area contributed by atoms with Gasteiger partial charge in [-0.05, 0) is 44.0 Å². The molecule has 3 rings (SSSR count). The van der Waals surface area contributed by atoms with Gasteiger partial charge in [-0.15, -0.1) is 0 Å². The fourth-order valence-corrected chi connectivity index (χ4v) is 3.30. The molecular formula is C18H25N5O. The van der Waals surface area contributed by atoms with Crippen LogP contribution in [0.4, 0.5) is 0 Å². The summed E-state index contributed by atoms with van der Waals surface area (Å²) in [6.45, 7) is 5.47. The molecule has 24 heavy (non-hydrogen) atoms. The summed E-state index contributed by atoms with van der Waals surface area (Å²) >= 11 is 0. The van der Waals surface area contributed by atoms with Gasteiger partial charge in [0.25, 0.3) is 5.91 Å². The van der Waals surface area contributed by atoms with Gasteiger partial charge in [0.15, 0.2) is 5.69 Å². The van der Waals surface area contributed by atoms with Crippen LogP contribution in [-0.2, 0) is 13.6 Å². The summed E-state index contributed by atoms with van der Waals surface area (Å²) in [5, 5.41) is 4.30. The van der Waals surface area contributed by atoms with E-state index in [0.29, 0.717) is 11.6 Å². The SMILES string of the molecule is Cc1cc(C(=O)N2CC[C@@H](CN(C)Cc3cccnc3)C2)nn1C. The highest BCUT2D eigenvalue weighted by Gasteiger charge is 2.28. The van der Waals surface area contributed by atoms with Crippen LogP contribution in [-0.4, -0.2) is 57.2 Å². The standard InChI is InChI=1S/C18H25N5O/c1-14-9-17(20-22(14)3)18(24)23-8-6-16(13-23)12-21(2)11-15-5-4-7-19-10-15/h4-5,7,9-10,16H,6,8,11-13H2,1-3H3/t16-/m0/s1. The van der Waals surface area contributed by atoms with E-state index in [1.54, 1.807) is 10.9 Å². The zero-order chi connectivity index (χ0) is 17.1. The van der Waals surface area contributed by atoms with E-state index in [4.69, 9.17) is 0 Å². The first-order valence-corrected chi connectivity index (χ1v) is 8.40. The quantitative estimate of drug-likeness (QED) is 0.839. The summed E-state index contributed by atoms with van der Waals surface area (Å²) in [4.78, 5) is 21.0. The van der Waals surface area contributed by atoms with Crippen LogP contribution in [0.2, 0.25) is 0 Å². The Bertz CT molecular complexity index is 677. The van der Waals surface area contributed by atoms with Gasteiger partial charge in [0.2, 0.25) is 0 Å². The Hall–Kier alpha value is -2.21. The minimum Gasteiger partial charge on any atom is -0.337 e. The average molecular weight is 327 g/mol. The largest absolute Gasteiger partial charge is 0.337 e. The number of pyridine rings is 1. The Morgan fingerprint density at radius 3 is 2.96 bits per heavy atom. The molecular weight excluding hydrogens is 302 g/mol. The van der Waals surface area contributed by atoms with Gasteiger partial charge in [-0.3, -0.25) is 14.5 Å². The number of likely N-dealkylation sites (tertiary alicyclic amines) is 1. The number of aryl methyl sites for hydroxylation is 2. The number of hydrogen-bond donors (Lipinski definition) is 0. The molecule has 0 unspecified atom stereocenters. The predicted molar refractivity (Wildman–Crippen MR) is 92.5 cm³/mol. The highest BCUT2D eigenvalue weighted by molar-refractivity contribution is 5.92. The topological polar surface area (TPSA) is 54.3 Å². The lowest BCUT2D eigenvalue weighted by Gasteiger charge is -2.21. The molecule has 1 aliphatic heterocycles. The van der Waals surface area contributed by atoms with E-state index in [2.05, 4.69) is 28.1 Å². The van der Waals surface area contributed by atoms with Gasteiger partial charge in [0.1, 0.15) is 0 Å². The summed E-state index contributed by atoms with van der Waals surface area (Å²) in [5.41, 5.74) is 2.78. The van der Waals surface area contributed by atoms with Crippen LogP contribution in [0, 0.1) is 12.8 Å². The van der Waals surface area contributed by atoms with E-state index in [-0.39, 0.29) is 5.91 Å². The predicted octanol–water partition coefficient (Wildman–Crippen LogP) is 1.72. The van der Waals surface area contributed by atoms with Gasteiger partial charge in [-0.2, -0.15) is 5.10 Å². The van der Waals surface area contributed by atoms with Gasteiger partial charge in [0, 0.05) is 51.3 Å². The molecule has 0 aliphatic carbocycles. The Morgan fingerprint density at radius 1 is 1.46 bits per heavy atom. The van der Waals surface area contributed by atoms with Crippen LogP contribution in [0.3, 0.4) is 0 Å². The van der Waals surface area contributed by atoms with Crippen LogP contribution < -0.4 is 0 Å². The van der Waals surface area contributed by atoms with Crippen molar-refractivity contribution < 1.29 is 4.79 Å². The van der Waals surface area contributed by atoms with Crippen molar-refractivity contribution in [1.29, 1.82) is 0 Å². The molecule has 1 aliphatic rings. The highest BCUT2D eigenvalue weighted by Crippen LogP contribution is 2.20. The maximum atomic E-state index is 12.6. The van der Waals surface area contributed by atoms with Gasteiger partial charge in [-0.25, -0.2) is 0 Å². The van der Waals surface area contributed by atoms with Crippen LogP contribution in [0.15, 0.2) is 30.6 Å². The summed E-state index contributed by atoms with van der Waals surface area (Å²) in [7, 11) is 3.99. The van der Waals surface area contributed by atoms with Gasteiger partial charge in [-0.1, -0.05) is 6.07 Å². The first kappa shape index (κ1) is 16.6. The lowest BCUT2D eigenvalue weighted by Crippen LogP contribution is -2.31. The number of carbonyl (C=O) groups is 1. The van der Waals surface area contributed by atoms with Crippen molar-refractivity contribution in [2.75, 3.05) is 26.7 Å². The molecule has 0 aromatic carbocycles. The van der Waals surface area contributed by atoms with Crippen molar-refractivity contribution in [1.82, 2.24) is 24.6 Å². The summed E-state index contributed by atoms with van der Waals surface area (Å²) in [6, 6.07) is 5.93. The van der Waals surface area contributed by atoms with Crippen molar-refractivity contribution >= 4 is 5.91 Å². The maximum absolute atomic E-state index is 12.6. The second kappa shape index (κ2) is 7.13. The molecule has 6 nitrogen and oxygen atoms in total. The normalized spacial score (nSPS) is 17.7. The van der Waals surface area contributed by atoms with Crippen molar-refractivity contribution in [3.8, 4) is 0 Å². The number of hydrogen-bond acceptors (Lipinski definition) is 4. The Labute approximate surface area is 143 Å². The van der Waals surface area contributed by atoms with Crippen LogP contribution in [0.1, 0.15) is 28.2 Å². The van der Waals surface area contributed by atoms with E-state index in [0.717, 1.165) is 38.3 Å². The highest BCUT2D eigenvalue weighted by atomic mass is 16.2. The van der Waals surface area contributed by atoms with Crippen molar-refractivity contribution in [2.45, 2.75) is 19.9 Å². The molecule has 1 amide bonds. The molecule has 1 fully saturated rings. The number of rotatable bonds is 5. The average Bonchev–Trinajstić information content (AvgIpc) is 3.15. The van der Waals surface area contributed by atoms with Gasteiger partial charge < -0.3 is 9.80 Å². The molecule has 1 saturated heterocycles. The molecule has 0 bridgehead atoms. The Kier molecular flexibility index (Phi) is 4.94. The molecule has 2 aromatic heterocycles.